The number of carbonyl (C=O) groups excluding carboxylic acids is 3. The van der Waals surface area contributed by atoms with Crippen molar-refractivity contribution >= 4 is 23.4 Å². The lowest BCUT2D eigenvalue weighted by atomic mass is 10.0. The van der Waals surface area contributed by atoms with Crippen LogP contribution >= 0.6 is 0 Å². The zero-order chi connectivity index (χ0) is 26.1. The van der Waals surface area contributed by atoms with Crippen molar-refractivity contribution in [2.75, 3.05) is 52.4 Å². The van der Waals surface area contributed by atoms with E-state index < -0.39 is 5.91 Å². The molecule has 1 unspecified atom stereocenters. The summed E-state index contributed by atoms with van der Waals surface area (Å²) in [4.78, 5) is 41.7. The Morgan fingerprint density at radius 1 is 0.861 bits per heavy atom. The molecule has 0 spiro atoms. The number of rotatable bonds is 9. The number of nitrogens with one attached hydrogen (secondary N) is 2. The van der Waals surface area contributed by atoms with Gasteiger partial charge in [-0.3, -0.25) is 25.2 Å². The van der Waals surface area contributed by atoms with E-state index in [2.05, 4.69) is 27.9 Å². The van der Waals surface area contributed by atoms with Gasteiger partial charge in [-0.05, 0) is 30.2 Å². The van der Waals surface area contributed by atoms with Crippen LogP contribution in [0, 0.1) is 5.92 Å². The number of nitrogens with zero attached hydrogens (tertiary/aromatic N) is 2. The Morgan fingerprint density at radius 3 is 2.03 bits per heavy atom. The molecule has 36 heavy (non-hydrogen) atoms. The SMILES string of the molecule is COc1cc(C(=O)NNC(=O)CC(C)CC(=O)N2CCN(c3ccccc3)CC2)cc(OC)c1OC. The van der Waals surface area contributed by atoms with E-state index in [0.717, 1.165) is 18.8 Å². The predicted molar refractivity (Wildman–Crippen MR) is 135 cm³/mol. The second-order valence-electron chi connectivity index (χ2n) is 8.63. The quantitative estimate of drug-likeness (QED) is 0.511. The van der Waals surface area contributed by atoms with E-state index in [9.17, 15) is 14.4 Å². The number of carbonyl (C=O) groups is 3. The van der Waals surface area contributed by atoms with Gasteiger partial charge in [-0.1, -0.05) is 25.1 Å². The molecule has 0 radical (unpaired) electrons. The molecule has 2 aromatic carbocycles. The maximum atomic E-state index is 12.7. The molecule has 0 aliphatic carbocycles. The van der Waals surface area contributed by atoms with Crippen LogP contribution in [0.15, 0.2) is 42.5 Å². The van der Waals surface area contributed by atoms with Crippen LogP contribution in [-0.2, 0) is 9.59 Å². The molecule has 194 valence electrons. The summed E-state index contributed by atoms with van der Waals surface area (Å²) in [7, 11) is 4.37. The Labute approximate surface area is 211 Å². The highest BCUT2D eigenvalue weighted by atomic mass is 16.5. The fourth-order valence-corrected chi connectivity index (χ4v) is 4.13. The molecule has 1 aliphatic rings. The number of hydrazine groups is 1. The first-order chi connectivity index (χ1) is 17.4. The number of amides is 3. The maximum absolute atomic E-state index is 12.7. The van der Waals surface area contributed by atoms with Gasteiger partial charge in [0, 0.05) is 50.3 Å². The number of methoxy groups -OCH3 is 3. The largest absolute Gasteiger partial charge is 0.493 e. The molecule has 0 aromatic heterocycles. The van der Waals surface area contributed by atoms with Gasteiger partial charge in [0.25, 0.3) is 5.91 Å². The van der Waals surface area contributed by atoms with Crippen molar-refractivity contribution in [2.45, 2.75) is 19.8 Å². The zero-order valence-corrected chi connectivity index (χ0v) is 21.2. The first-order valence-corrected chi connectivity index (χ1v) is 11.8. The molecule has 1 aliphatic heterocycles. The van der Waals surface area contributed by atoms with Crippen molar-refractivity contribution in [3.05, 3.63) is 48.0 Å². The van der Waals surface area contributed by atoms with Crippen molar-refractivity contribution in [2.24, 2.45) is 5.92 Å². The number of para-hydroxylation sites is 1. The third-order valence-corrected chi connectivity index (χ3v) is 6.05. The highest BCUT2D eigenvalue weighted by Crippen LogP contribution is 2.38. The zero-order valence-electron chi connectivity index (χ0n) is 21.2. The van der Waals surface area contributed by atoms with Crippen molar-refractivity contribution in [3.8, 4) is 17.2 Å². The van der Waals surface area contributed by atoms with Crippen molar-refractivity contribution in [1.82, 2.24) is 15.8 Å². The maximum Gasteiger partial charge on any atom is 0.269 e. The smallest absolute Gasteiger partial charge is 0.269 e. The van der Waals surface area contributed by atoms with Crippen molar-refractivity contribution in [1.29, 1.82) is 0 Å². The van der Waals surface area contributed by atoms with Crippen LogP contribution in [0.3, 0.4) is 0 Å². The number of hydrogen-bond donors (Lipinski definition) is 2. The van der Waals surface area contributed by atoms with E-state index >= 15 is 0 Å². The van der Waals surface area contributed by atoms with Gasteiger partial charge in [-0.15, -0.1) is 0 Å². The minimum absolute atomic E-state index is 0.0319. The molecule has 2 aromatic rings. The first kappa shape index (κ1) is 26.7. The molecule has 1 saturated heterocycles. The topological polar surface area (TPSA) is 109 Å². The molecule has 10 heteroatoms. The Balaban J connectivity index is 1.44. The Kier molecular flexibility index (Phi) is 9.38. The van der Waals surface area contributed by atoms with E-state index in [1.165, 1.54) is 33.5 Å². The monoisotopic (exact) mass is 498 g/mol. The molecule has 3 rings (SSSR count). The lowest BCUT2D eigenvalue weighted by Gasteiger charge is -2.36. The predicted octanol–water partition coefficient (Wildman–Crippen LogP) is 2.24. The van der Waals surface area contributed by atoms with E-state index in [-0.39, 0.29) is 36.1 Å². The Morgan fingerprint density at radius 2 is 1.47 bits per heavy atom. The molecule has 2 N–H and O–H groups in total. The fraction of sp³-hybridized carbons (Fsp3) is 0.423. The average molecular weight is 499 g/mol. The van der Waals surface area contributed by atoms with Crippen LogP contribution in [0.5, 0.6) is 17.2 Å². The van der Waals surface area contributed by atoms with E-state index in [4.69, 9.17) is 14.2 Å². The molecule has 1 fully saturated rings. The Bertz CT molecular complexity index is 1030. The summed E-state index contributed by atoms with van der Waals surface area (Å²) in [6.07, 6.45) is 0.366. The summed E-state index contributed by atoms with van der Waals surface area (Å²) < 4.78 is 15.8. The summed E-state index contributed by atoms with van der Waals surface area (Å²) in [5, 5.41) is 0. The second kappa shape index (κ2) is 12.7. The van der Waals surface area contributed by atoms with Gasteiger partial charge in [-0.25, -0.2) is 0 Å². The summed E-state index contributed by atoms with van der Waals surface area (Å²) >= 11 is 0. The van der Waals surface area contributed by atoms with Gasteiger partial charge in [0.05, 0.1) is 21.3 Å². The highest BCUT2D eigenvalue weighted by molar-refractivity contribution is 5.96. The normalized spacial score (nSPS) is 14.0. The number of ether oxygens (including phenoxy) is 3. The third kappa shape index (κ3) is 6.80. The van der Waals surface area contributed by atoms with Gasteiger partial charge in [0.2, 0.25) is 17.6 Å². The number of hydrogen-bond acceptors (Lipinski definition) is 7. The van der Waals surface area contributed by atoms with Crippen molar-refractivity contribution < 1.29 is 28.6 Å². The first-order valence-electron chi connectivity index (χ1n) is 11.8. The molecule has 0 saturated carbocycles. The van der Waals surface area contributed by atoms with Crippen molar-refractivity contribution in [3.63, 3.8) is 0 Å². The van der Waals surface area contributed by atoms with Crippen LogP contribution in [0.25, 0.3) is 0 Å². The van der Waals surface area contributed by atoms with Crippen LogP contribution in [0.2, 0.25) is 0 Å². The molecule has 1 atom stereocenters. The van der Waals surface area contributed by atoms with Gasteiger partial charge in [-0.2, -0.15) is 0 Å². The van der Waals surface area contributed by atoms with Crippen LogP contribution in [0.1, 0.15) is 30.1 Å². The molecule has 0 bridgehead atoms. The van der Waals surface area contributed by atoms with Gasteiger partial charge in [0.1, 0.15) is 0 Å². The molecular weight excluding hydrogens is 464 g/mol. The minimum Gasteiger partial charge on any atom is -0.493 e. The van der Waals surface area contributed by atoms with Crippen LogP contribution in [-0.4, -0.2) is 70.1 Å². The summed E-state index contributed by atoms with van der Waals surface area (Å²) in [6, 6.07) is 13.1. The molecule has 1 heterocycles. The molecule has 10 nitrogen and oxygen atoms in total. The molecular formula is C26H34N4O6. The summed E-state index contributed by atoms with van der Waals surface area (Å²) in [5.41, 5.74) is 6.18. The number of anilines is 1. The minimum atomic E-state index is -0.539. The number of benzene rings is 2. The summed E-state index contributed by atoms with van der Waals surface area (Å²) in [5.74, 6) is -0.0597. The highest BCUT2D eigenvalue weighted by Gasteiger charge is 2.24. The van der Waals surface area contributed by atoms with E-state index in [0.29, 0.717) is 30.3 Å². The number of piperazine rings is 1. The Hall–Kier alpha value is -3.95. The van der Waals surface area contributed by atoms with Gasteiger partial charge < -0.3 is 24.0 Å². The van der Waals surface area contributed by atoms with Gasteiger partial charge >= 0.3 is 0 Å². The molecule has 3 amide bonds. The average Bonchev–Trinajstić information content (AvgIpc) is 2.91. The summed E-state index contributed by atoms with van der Waals surface area (Å²) in [6.45, 7) is 4.70. The lowest BCUT2D eigenvalue weighted by molar-refractivity contribution is -0.132. The third-order valence-electron chi connectivity index (χ3n) is 6.05. The van der Waals surface area contributed by atoms with Crippen LogP contribution in [0.4, 0.5) is 5.69 Å². The van der Waals surface area contributed by atoms with E-state index in [1.807, 2.05) is 30.0 Å². The van der Waals surface area contributed by atoms with Gasteiger partial charge in [0.15, 0.2) is 11.5 Å². The van der Waals surface area contributed by atoms with Crippen LogP contribution < -0.4 is 30.0 Å². The lowest BCUT2D eigenvalue weighted by Crippen LogP contribution is -2.49. The fourth-order valence-electron chi connectivity index (χ4n) is 4.13. The second-order valence-corrected chi connectivity index (χ2v) is 8.63. The van der Waals surface area contributed by atoms with E-state index in [1.54, 1.807) is 0 Å². The standard InChI is InChI=1S/C26H34N4O6/c1-18(15-24(32)30-12-10-29(11-13-30)20-8-6-5-7-9-20)14-23(31)27-28-26(33)19-16-21(34-2)25(36-4)22(17-19)35-3/h5-9,16-18H,10-15H2,1-4H3,(H,27,31)(H,28,33).